The van der Waals surface area contributed by atoms with E-state index in [4.69, 9.17) is 0 Å². The molecule has 1 saturated carbocycles. The fourth-order valence-corrected chi connectivity index (χ4v) is 4.66. The Labute approximate surface area is 135 Å². The number of nitrogens with zero attached hydrogens (tertiary/aromatic N) is 2. The second kappa shape index (κ2) is 6.40. The predicted molar refractivity (Wildman–Crippen MR) is 86.0 cm³/mol. The molecule has 1 aromatic heterocycles. The molecule has 0 spiro atoms. The highest BCUT2D eigenvalue weighted by molar-refractivity contribution is 7.91. The van der Waals surface area contributed by atoms with E-state index in [0.717, 1.165) is 18.9 Å². The van der Waals surface area contributed by atoms with Crippen molar-refractivity contribution in [1.82, 2.24) is 4.98 Å². The minimum Gasteiger partial charge on any atom is -0.341 e. The summed E-state index contributed by atoms with van der Waals surface area (Å²) >= 11 is 0. The van der Waals surface area contributed by atoms with Gasteiger partial charge in [0.2, 0.25) is 0 Å². The number of rotatable bonds is 6. The highest BCUT2D eigenvalue weighted by Crippen LogP contribution is 2.44. The molecule has 9 heteroatoms. The Morgan fingerprint density at radius 2 is 2.09 bits per heavy atom. The van der Waals surface area contributed by atoms with Crippen LogP contribution in [0.15, 0.2) is 23.7 Å². The Balaban J connectivity index is 2.58. The van der Waals surface area contributed by atoms with Crippen molar-refractivity contribution < 1.29 is 21.6 Å². The van der Waals surface area contributed by atoms with Gasteiger partial charge >= 0.3 is 6.18 Å². The van der Waals surface area contributed by atoms with Gasteiger partial charge in [-0.05, 0) is 45.8 Å². The second-order valence-electron chi connectivity index (χ2n) is 5.51. The van der Waals surface area contributed by atoms with E-state index in [1.165, 1.54) is 13.0 Å². The first-order valence-electron chi connectivity index (χ1n) is 6.98. The molecule has 0 N–H and O–H groups in total. The number of halogens is 3. The molecule has 0 bridgehead atoms. The van der Waals surface area contributed by atoms with E-state index >= 15 is 0 Å². The summed E-state index contributed by atoms with van der Waals surface area (Å²) < 4.78 is 66.0. The molecule has 0 aromatic carbocycles. The van der Waals surface area contributed by atoms with Gasteiger partial charge < -0.3 is 4.67 Å². The first-order valence-corrected chi connectivity index (χ1v) is 9.66. The molecule has 0 amide bonds. The van der Waals surface area contributed by atoms with Crippen LogP contribution in [0.5, 0.6) is 0 Å². The quantitative estimate of drug-likeness (QED) is 0.571. The average Bonchev–Trinajstić information content (AvgIpc) is 3.20. The zero-order valence-corrected chi connectivity index (χ0v) is 14.6. The van der Waals surface area contributed by atoms with Gasteiger partial charge in [0.1, 0.15) is 5.82 Å². The fraction of sp³-hybridized carbons (Fsp3) is 0.500. The van der Waals surface area contributed by atoms with Gasteiger partial charge in [0, 0.05) is 7.05 Å². The van der Waals surface area contributed by atoms with E-state index in [-0.39, 0.29) is 11.4 Å². The number of pyridine rings is 1. The SMILES string of the molecule is C=CCS(=O)(=O)c1nc(N(C)PC2CC2)cc(C)c1C(F)(F)F. The topological polar surface area (TPSA) is 50.3 Å². The highest BCUT2D eigenvalue weighted by Gasteiger charge is 2.40. The number of sulfone groups is 1. The molecule has 128 valence electrons. The van der Waals surface area contributed by atoms with Crippen molar-refractivity contribution in [1.29, 1.82) is 0 Å². The largest absolute Gasteiger partial charge is 0.419 e. The van der Waals surface area contributed by atoms with Gasteiger partial charge in [-0.1, -0.05) is 6.08 Å². The number of hydrogen-bond acceptors (Lipinski definition) is 4. The van der Waals surface area contributed by atoms with Gasteiger partial charge in [0.15, 0.2) is 14.9 Å². The Hall–Kier alpha value is -1.14. The molecule has 0 saturated heterocycles. The van der Waals surface area contributed by atoms with Crippen molar-refractivity contribution in [3.8, 4) is 0 Å². The number of hydrogen-bond donors (Lipinski definition) is 0. The normalized spacial score (nSPS) is 16.0. The maximum absolute atomic E-state index is 13.3. The van der Waals surface area contributed by atoms with Gasteiger partial charge in [-0.3, -0.25) is 0 Å². The lowest BCUT2D eigenvalue weighted by Crippen LogP contribution is -2.20. The third-order valence-electron chi connectivity index (χ3n) is 3.38. The lowest BCUT2D eigenvalue weighted by atomic mass is 10.1. The van der Waals surface area contributed by atoms with E-state index in [0.29, 0.717) is 14.4 Å². The van der Waals surface area contributed by atoms with E-state index in [1.54, 1.807) is 11.7 Å². The number of aromatic nitrogens is 1. The summed E-state index contributed by atoms with van der Waals surface area (Å²) in [5.41, 5.74) is -0.804. The summed E-state index contributed by atoms with van der Waals surface area (Å²) in [6.07, 6.45) is -1.54. The summed E-state index contributed by atoms with van der Waals surface area (Å²) in [4.78, 5) is 3.85. The van der Waals surface area contributed by atoms with Crippen LogP contribution in [0.25, 0.3) is 0 Å². The lowest BCUT2D eigenvalue weighted by molar-refractivity contribution is -0.140. The molecule has 1 aliphatic carbocycles. The van der Waals surface area contributed by atoms with Crippen LogP contribution in [0.3, 0.4) is 0 Å². The van der Waals surface area contributed by atoms with Crippen LogP contribution in [0.4, 0.5) is 19.0 Å². The van der Waals surface area contributed by atoms with Crippen LogP contribution in [0.2, 0.25) is 0 Å². The molecular weight excluding hydrogens is 348 g/mol. The van der Waals surface area contributed by atoms with Crippen molar-refractivity contribution in [3.63, 3.8) is 0 Å². The van der Waals surface area contributed by atoms with Crippen LogP contribution < -0.4 is 4.67 Å². The van der Waals surface area contributed by atoms with Crippen molar-refractivity contribution in [2.24, 2.45) is 0 Å². The number of anilines is 1. The summed E-state index contributed by atoms with van der Waals surface area (Å²) in [7, 11) is -2.08. The van der Waals surface area contributed by atoms with Crippen LogP contribution in [-0.2, 0) is 16.0 Å². The monoisotopic (exact) mass is 366 g/mol. The van der Waals surface area contributed by atoms with E-state index in [1.807, 2.05) is 0 Å². The third kappa shape index (κ3) is 4.23. The Bertz CT molecular complexity index is 715. The van der Waals surface area contributed by atoms with Crippen molar-refractivity contribution in [2.45, 2.75) is 36.6 Å². The molecular formula is C14H18F3N2O2PS. The second-order valence-corrected chi connectivity index (χ2v) is 9.20. The Morgan fingerprint density at radius 1 is 1.48 bits per heavy atom. The molecule has 1 fully saturated rings. The summed E-state index contributed by atoms with van der Waals surface area (Å²) in [5.74, 6) is -0.330. The lowest BCUT2D eigenvalue weighted by Gasteiger charge is -2.22. The minimum atomic E-state index is -4.78. The Kier molecular flexibility index (Phi) is 5.06. The van der Waals surface area contributed by atoms with Crippen molar-refractivity contribution in [3.05, 3.63) is 29.8 Å². The molecule has 0 aliphatic heterocycles. The predicted octanol–water partition coefficient (Wildman–Crippen LogP) is 3.56. The van der Waals surface area contributed by atoms with Gasteiger partial charge in [-0.2, -0.15) is 13.2 Å². The molecule has 1 aromatic rings. The van der Waals surface area contributed by atoms with Crippen LogP contribution in [-0.4, -0.2) is 31.9 Å². The minimum absolute atomic E-state index is 0.141. The van der Waals surface area contributed by atoms with Gasteiger partial charge in [-0.15, -0.1) is 6.58 Å². The molecule has 23 heavy (non-hydrogen) atoms. The van der Waals surface area contributed by atoms with E-state index < -0.39 is 32.4 Å². The van der Waals surface area contributed by atoms with Crippen LogP contribution in [0.1, 0.15) is 24.0 Å². The molecule has 1 aliphatic rings. The van der Waals surface area contributed by atoms with Crippen LogP contribution >= 0.6 is 8.73 Å². The molecule has 2 rings (SSSR count). The summed E-state index contributed by atoms with van der Waals surface area (Å²) in [5, 5.41) is -0.910. The van der Waals surface area contributed by atoms with Crippen molar-refractivity contribution in [2.75, 3.05) is 17.5 Å². The Morgan fingerprint density at radius 3 is 2.57 bits per heavy atom. The van der Waals surface area contributed by atoms with Gasteiger partial charge in [0.05, 0.1) is 11.3 Å². The smallest absolute Gasteiger partial charge is 0.341 e. The first-order chi connectivity index (χ1) is 10.6. The third-order valence-corrected chi connectivity index (χ3v) is 6.50. The highest BCUT2D eigenvalue weighted by atomic mass is 32.2. The number of aryl methyl sites for hydroxylation is 1. The molecule has 1 unspecified atom stereocenters. The molecule has 4 nitrogen and oxygen atoms in total. The van der Waals surface area contributed by atoms with Gasteiger partial charge in [-0.25, -0.2) is 13.4 Å². The molecule has 1 atom stereocenters. The maximum atomic E-state index is 13.3. The fourth-order valence-electron chi connectivity index (χ4n) is 2.15. The summed E-state index contributed by atoms with van der Waals surface area (Å²) in [6.45, 7) is 4.55. The zero-order valence-electron chi connectivity index (χ0n) is 12.8. The van der Waals surface area contributed by atoms with E-state index in [2.05, 4.69) is 11.6 Å². The van der Waals surface area contributed by atoms with Crippen molar-refractivity contribution >= 4 is 24.4 Å². The average molecular weight is 366 g/mol. The molecule has 1 heterocycles. The summed E-state index contributed by atoms with van der Waals surface area (Å²) in [6, 6.07) is 1.30. The van der Waals surface area contributed by atoms with Crippen LogP contribution in [0, 0.1) is 6.92 Å². The standard InChI is InChI=1S/C14H18F3N2O2PS/c1-4-7-23(20,21)13-12(14(15,16)17)9(2)8-11(18-13)19(3)22-10-5-6-10/h4,8,10,22H,1,5-7H2,2-3H3. The number of alkyl halides is 3. The molecule has 0 radical (unpaired) electrons. The maximum Gasteiger partial charge on any atom is 0.419 e. The zero-order chi connectivity index (χ0) is 17.4. The van der Waals surface area contributed by atoms with E-state index in [9.17, 15) is 21.6 Å². The first kappa shape index (κ1) is 18.2. The van der Waals surface area contributed by atoms with Gasteiger partial charge in [0.25, 0.3) is 0 Å².